The topological polar surface area (TPSA) is 83.5 Å². The van der Waals surface area contributed by atoms with Gasteiger partial charge < -0.3 is 10.4 Å². The van der Waals surface area contributed by atoms with E-state index >= 15 is 0 Å². The smallest absolute Gasteiger partial charge is 0.323 e. The van der Waals surface area contributed by atoms with Gasteiger partial charge in [-0.05, 0) is 26.3 Å². The van der Waals surface area contributed by atoms with Crippen LogP contribution < -0.4 is 5.32 Å². The first kappa shape index (κ1) is 15.4. The first-order valence-corrected chi connectivity index (χ1v) is 7.28. The first-order chi connectivity index (χ1) is 7.27. The van der Waals surface area contributed by atoms with Crippen LogP contribution in [0.4, 0.5) is 0 Å². The van der Waals surface area contributed by atoms with E-state index in [1.165, 1.54) is 0 Å². The molecule has 0 aliphatic heterocycles. The van der Waals surface area contributed by atoms with E-state index in [-0.39, 0.29) is 11.5 Å². The molecule has 16 heavy (non-hydrogen) atoms. The highest BCUT2D eigenvalue weighted by molar-refractivity contribution is 7.91. The number of aliphatic carboxylic acids is 1. The van der Waals surface area contributed by atoms with Crippen molar-refractivity contribution in [2.75, 3.05) is 18.1 Å². The highest BCUT2D eigenvalue weighted by Crippen LogP contribution is 2.09. The average molecular weight is 251 g/mol. The largest absolute Gasteiger partial charge is 0.480 e. The van der Waals surface area contributed by atoms with Crippen LogP contribution in [0.1, 0.15) is 33.6 Å². The van der Waals surface area contributed by atoms with Crippen LogP contribution in [0.2, 0.25) is 0 Å². The molecule has 0 aromatic rings. The van der Waals surface area contributed by atoms with Gasteiger partial charge in [0.15, 0.2) is 0 Å². The van der Waals surface area contributed by atoms with Gasteiger partial charge in [0, 0.05) is 5.75 Å². The van der Waals surface area contributed by atoms with Crippen LogP contribution in [0.5, 0.6) is 0 Å². The van der Waals surface area contributed by atoms with Crippen LogP contribution in [0.15, 0.2) is 0 Å². The van der Waals surface area contributed by atoms with E-state index in [0.29, 0.717) is 19.4 Å². The summed E-state index contributed by atoms with van der Waals surface area (Å²) in [5.41, 5.74) is -0.962. The Kier molecular flexibility index (Phi) is 5.96. The van der Waals surface area contributed by atoms with Gasteiger partial charge in [0.1, 0.15) is 15.4 Å². The Hall–Kier alpha value is -0.620. The summed E-state index contributed by atoms with van der Waals surface area (Å²) in [4.78, 5) is 10.9. The Bertz CT molecular complexity index is 326. The molecule has 5 nitrogen and oxygen atoms in total. The monoisotopic (exact) mass is 251 g/mol. The van der Waals surface area contributed by atoms with Crippen molar-refractivity contribution in [1.82, 2.24) is 5.32 Å². The maximum absolute atomic E-state index is 11.2. The van der Waals surface area contributed by atoms with Gasteiger partial charge in [-0.15, -0.1) is 0 Å². The summed E-state index contributed by atoms with van der Waals surface area (Å²) >= 11 is 0. The molecule has 0 heterocycles. The maximum Gasteiger partial charge on any atom is 0.323 e. The van der Waals surface area contributed by atoms with Crippen molar-refractivity contribution >= 4 is 15.8 Å². The molecular formula is C10H21NO4S. The molecule has 0 aromatic carbocycles. The van der Waals surface area contributed by atoms with Gasteiger partial charge in [0.2, 0.25) is 0 Å². The molecule has 1 atom stereocenters. The zero-order valence-electron chi connectivity index (χ0n) is 10.1. The van der Waals surface area contributed by atoms with E-state index in [1.54, 1.807) is 20.8 Å². The van der Waals surface area contributed by atoms with Crippen LogP contribution in [0.25, 0.3) is 0 Å². The average Bonchev–Trinajstić information content (AvgIpc) is 2.24. The summed E-state index contributed by atoms with van der Waals surface area (Å²) in [7, 11) is -2.95. The van der Waals surface area contributed by atoms with E-state index in [2.05, 4.69) is 5.32 Å². The molecule has 0 aliphatic carbocycles. The lowest BCUT2D eigenvalue weighted by Crippen LogP contribution is -2.49. The van der Waals surface area contributed by atoms with E-state index in [1.807, 2.05) is 0 Å². The van der Waals surface area contributed by atoms with Gasteiger partial charge in [-0.25, -0.2) is 8.42 Å². The molecule has 1 unspecified atom stereocenters. The zero-order chi connectivity index (χ0) is 12.8. The van der Waals surface area contributed by atoms with Crippen molar-refractivity contribution in [1.29, 1.82) is 0 Å². The molecule has 0 aliphatic rings. The van der Waals surface area contributed by atoms with Crippen molar-refractivity contribution in [3.63, 3.8) is 0 Å². The SMILES string of the molecule is CCC(C)(NCCCS(=O)(=O)CC)C(=O)O. The number of carboxylic acids is 1. The van der Waals surface area contributed by atoms with Crippen LogP contribution in [0, 0.1) is 0 Å². The summed E-state index contributed by atoms with van der Waals surface area (Å²) in [5.74, 6) is -0.666. The third kappa shape index (κ3) is 4.94. The number of rotatable bonds is 8. The van der Waals surface area contributed by atoms with Gasteiger partial charge in [0.25, 0.3) is 0 Å². The Morgan fingerprint density at radius 3 is 2.31 bits per heavy atom. The molecule has 0 spiro atoms. The fourth-order valence-corrected chi connectivity index (χ4v) is 2.03. The molecule has 0 bridgehead atoms. The molecule has 0 aromatic heterocycles. The second kappa shape index (κ2) is 6.20. The summed E-state index contributed by atoms with van der Waals surface area (Å²) in [5, 5.41) is 11.8. The lowest BCUT2D eigenvalue weighted by atomic mass is 9.99. The van der Waals surface area contributed by atoms with Gasteiger partial charge in [-0.1, -0.05) is 13.8 Å². The van der Waals surface area contributed by atoms with Crippen LogP contribution in [0.3, 0.4) is 0 Å². The molecule has 0 amide bonds. The second-order valence-corrected chi connectivity index (χ2v) is 6.48. The molecule has 0 fully saturated rings. The number of hydrogen-bond donors (Lipinski definition) is 2. The van der Waals surface area contributed by atoms with Gasteiger partial charge in [0.05, 0.1) is 5.75 Å². The third-order valence-corrected chi connectivity index (χ3v) is 4.56. The molecular weight excluding hydrogens is 230 g/mol. The third-order valence-electron chi connectivity index (χ3n) is 2.77. The van der Waals surface area contributed by atoms with Crippen LogP contribution in [-0.4, -0.2) is 43.1 Å². The quantitative estimate of drug-likeness (QED) is 0.619. The summed E-state index contributed by atoms with van der Waals surface area (Å²) < 4.78 is 22.4. The summed E-state index contributed by atoms with van der Waals surface area (Å²) in [6, 6.07) is 0. The molecule has 0 saturated carbocycles. The molecule has 96 valence electrons. The Labute approximate surface area is 97.2 Å². The predicted molar refractivity (Wildman–Crippen MR) is 63.3 cm³/mol. The highest BCUT2D eigenvalue weighted by Gasteiger charge is 2.29. The van der Waals surface area contributed by atoms with E-state index in [4.69, 9.17) is 5.11 Å². The lowest BCUT2D eigenvalue weighted by molar-refractivity contribution is -0.144. The molecule has 0 rings (SSSR count). The molecule has 2 N–H and O–H groups in total. The van der Waals surface area contributed by atoms with E-state index < -0.39 is 21.3 Å². The Balaban J connectivity index is 4.03. The van der Waals surface area contributed by atoms with Gasteiger partial charge >= 0.3 is 5.97 Å². The normalized spacial score (nSPS) is 15.7. The van der Waals surface area contributed by atoms with Crippen molar-refractivity contribution in [2.24, 2.45) is 0 Å². The number of sulfone groups is 1. The number of hydrogen-bond acceptors (Lipinski definition) is 4. The Morgan fingerprint density at radius 2 is 1.94 bits per heavy atom. The van der Waals surface area contributed by atoms with Gasteiger partial charge in [-0.2, -0.15) is 0 Å². The number of nitrogens with one attached hydrogen (secondary N) is 1. The maximum atomic E-state index is 11.2. The molecule has 6 heteroatoms. The number of carboxylic acid groups (broad SMARTS) is 1. The minimum absolute atomic E-state index is 0.107. The minimum atomic E-state index is -2.95. The highest BCUT2D eigenvalue weighted by atomic mass is 32.2. The zero-order valence-corrected chi connectivity index (χ0v) is 10.9. The minimum Gasteiger partial charge on any atom is -0.480 e. The van der Waals surface area contributed by atoms with E-state index in [0.717, 1.165) is 0 Å². The summed E-state index contributed by atoms with van der Waals surface area (Å²) in [6.07, 6.45) is 0.905. The first-order valence-electron chi connectivity index (χ1n) is 5.46. The lowest BCUT2D eigenvalue weighted by Gasteiger charge is -2.24. The molecule has 0 saturated heterocycles. The fourth-order valence-electron chi connectivity index (χ4n) is 1.15. The summed E-state index contributed by atoms with van der Waals surface area (Å²) in [6.45, 7) is 5.39. The van der Waals surface area contributed by atoms with Crippen LogP contribution in [-0.2, 0) is 14.6 Å². The molecule has 0 radical (unpaired) electrons. The van der Waals surface area contributed by atoms with Crippen LogP contribution >= 0.6 is 0 Å². The number of carbonyl (C=O) groups is 1. The Morgan fingerprint density at radius 1 is 1.38 bits per heavy atom. The predicted octanol–water partition coefficient (Wildman–Crippen LogP) is 0.654. The second-order valence-electron chi connectivity index (χ2n) is 4.01. The standard InChI is InChI=1S/C10H21NO4S/c1-4-10(3,9(12)13)11-7-6-8-16(14,15)5-2/h11H,4-8H2,1-3H3,(H,12,13). The van der Waals surface area contributed by atoms with Crippen molar-refractivity contribution in [3.8, 4) is 0 Å². The van der Waals surface area contributed by atoms with Crippen molar-refractivity contribution < 1.29 is 18.3 Å². The van der Waals surface area contributed by atoms with Gasteiger partial charge in [-0.3, -0.25) is 4.79 Å². The van der Waals surface area contributed by atoms with Crippen molar-refractivity contribution in [3.05, 3.63) is 0 Å². The fraction of sp³-hybridized carbons (Fsp3) is 0.900. The van der Waals surface area contributed by atoms with Crippen molar-refractivity contribution in [2.45, 2.75) is 39.2 Å². The van der Waals surface area contributed by atoms with E-state index in [9.17, 15) is 13.2 Å².